The van der Waals surface area contributed by atoms with E-state index in [1.54, 1.807) is 53.8 Å². The number of carbonyl (C=O) groups excluding carboxylic acids is 4. The Bertz CT molecular complexity index is 1920. The number of ether oxygens (including phenoxy) is 3. The van der Waals surface area contributed by atoms with Gasteiger partial charge in [-0.1, -0.05) is 12.1 Å². The van der Waals surface area contributed by atoms with Crippen molar-refractivity contribution in [2.45, 2.75) is 52.4 Å². The zero-order chi connectivity index (χ0) is 41.9. The highest BCUT2D eigenvalue weighted by atomic mass is 16.6. The molecule has 4 N–H and O–H groups in total. The number of carbonyl (C=O) groups is 4. The van der Waals surface area contributed by atoms with Crippen LogP contribution in [0.5, 0.6) is 0 Å². The summed E-state index contributed by atoms with van der Waals surface area (Å²) in [5.41, 5.74) is 2.92. The van der Waals surface area contributed by atoms with Crippen molar-refractivity contribution in [1.29, 1.82) is 0 Å². The lowest BCUT2D eigenvalue weighted by Crippen LogP contribution is -2.35. The van der Waals surface area contributed by atoms with Gasteiger partial charge in [0.15, 0.2) is 17.3 Å². The summed E-state index contributed by atoms with van der Waals surface area (Å²) in [6.45, 7) is 4.93. The van der Waals surface area contributed by atoms with Crippen LogP contribution in [0.3, 0.4) is 0 Å². The van der Waals surface area contributed by atoms with Gasteiger partial charge >= 0.3 is 5.97 Å². The van der Waals surface area contributed by atoms with Crippen molar-refractivity contribution in [3.8, 4) is 0 Å². The molecular formula is C39H50N10O9. The second kappa shape index (κ2) is 22.9. The molecule has 58 heavy (non-hydrogen) atoms. The molecule has 2 amide bonds. The molecule has 0 aliphatic carbocycles. The van der Waals surface area contributed by atoms with Crippen LogP contribution in [0.1, 0.15) is 60.4 Å². The Morgan fingerprint density at radius 2 is 1.78 bits per heavy atom. The first kappa shape index (κ1) is 44.2. The molecule has 0 spiro atoms. The van der Waals surface area contributed by atoms with Crippen LogP contribution < -0.4 is 21.3 Å². The molecule has 19 nitrogen and oxygen atoms in total. The van der Waals surface area contributed by atoms with E-state index in [1.165, 1.54) is 19.1 Å². The van der Waals surface area contributed by atoms with Crippen LogP contribution in [0, 0.1) is 16.0 Å². The lowest BCUT2D eigenvalue weighted by molar-refractivity contribution is -0.384. The maximum absolute atomic E-state index is 13.3. The molecule has 2 atom stereocenters. The predicted octanol–water partition coefficient (Wildman–Crippen LogP) is 3.10. The number of nitro groups is 1. The monoisotopic (exact) mass is 802 g/mol. The van der Waals surface area contributed by atoms with E-state index in [1.807, 2.05) is 21.0 Å². The highest BCUT2D eigenvalue weighted by molar-refractivity contribution is 5.99. The Labute approximate surface area is 336 Å². The number of nitro benzene ring substituents is 1. The number of amides is 2. The van der Waals surface area contributed by atoms with Crippen molar-refractivity contribution in [3.05, 3.63) is 87.4 Å². The van der Waals surface area contributed by atoms with E-state index >= 15 is 0 Å². The van der Waals surface area contributed by atoms with Crippen LogP contribution in [0.2, 0.25) is 0 Å². The van der Waals surface area contributed by atoms with Crippen LogP contribution in [-0.4, -0.2) is 115 Å². The van der Waals surface area contributed by atoms with Gasteiger partial charge in [0.1, 0.15) is 6.61 Å². The Balaban J connectivity index is 1.37. The number of ketones is 1. The number of Topliss-reactive ketones (excluding diaryl/α,β-unsaturated/α-hetero) is 1. The summed E-state index contributed by atoms with van der Waals surface area (Å²) in [5.74, 6) is -1.52. The van der Waals surface area contributed by atoms with Gasteiger partial charge in [-0.05, 0) is 43.2 Å². The summed E-state index contributed by atoms with van der Waals surface area (Å²) in [6, 6.07) is 13.0. The van der Waals surface area contributed by atoms with Crippen molar-refractivity contribution in [2.24, 2.45) is 15.9 Å². The van der Waals surface area contributed by atoms with Crippen molar-refractivity contribution in [1.82, 2.24) is 25.5 Å². The number of fused-ring (bicyclic) bond motifs is 1. The molecule has 0 saturated carbocycles. The van der Waals surface area contributed by atoms with Gasteiger partial charge in [-0.2, -0.15) is 0 Å². The van der Waals surface area contributed by atoms with Gasteiger partial charge in [-0.15, -0.1) is 0 Å². The average molecular weight is 803 g/mol. The Morgan fingerprint density at radius 1 is 1.03 bits per heavy atom. The second-order valence-corrected chi connectivity index (χ2v) is 13.2. The van der Waals surface area contributed by atoms with Crippen molar-refractivity contribution >= 4 is 53.0 Å². The molecule has 4 rings (SSSR count). The van der Waals surface area contributed by atoms with Crippen LogP contribution in [-0.2, 0) is 41.6 Å². The van der Waals surface area contributed by atoms with E-state index in [4.69, 9.17) is 19.2 Å². The third-order valence-electron chi connectivity index (χ3n) is 8.43. The summed E-state index contributed by atoms with van der Waals surface area (Å²) in [5, 5.41) is 22.9. The molecule has 3 aromatic rings. The Kier molecular flexibility index (Phi) is 17.5. The van der Waals surface area contributed by atoms with Crippen LogP contribution in [0.25, 0.3) is 0 Å². The minimum absolute atomic E-state index is 0.00807. The van der Waals surface area contributed by atoms with Crippen molar-refractivity contribution in [3.63, 3.8) is 0 Å². The standard InChI is InChI=1S/C39H50N10O9/c1-5-56-20-17-40-34(52)15-10-29(37(53)41-18-21-57-26(2)50)22-33(51)28-8-11-30(12-9-28)42-23-31-24-43-36-35(45-31)38(47-39(46-36)44-25-48(3)4)58-19-16-27-6-13-32(14-7-27)49(54)55/h6-9,11-14,24-25,29,39,42H,5,10,15-23H2,1-4H3,(H,40,52)(H,41,53)(H,43,46)/t29-,39?/m1/s1. The summed E-state index contributed by atoms with van der Waals surface area (Å²) >= 11 is 0. The van der Waals surface area contributed by atoms with E-state index in [-0.39, 0.29) is 68.8 Å². The third-order valence-corrected chi connectivity index (χ3v) is 8.43. The molecule has 0 saturated heterocycles. The molecule has 0 bridgehead atoms. The van der Waals surface area contributed by atoms with Gasteiger partial charge < -0.3 is 40.4 Å². The molecule has 2 heterocycles. The summed E-state index contributed by atoms with van der Waals surface area (Å²) in [7, 11) is 3.67. The average Bonchev–Trinajstić information content (AvgIpc) is 3.21. The maximum atomic E-state index is 13.3. The van der Waals surface area contributed by atoms with Crippen molar-refractivity contribution < 1.29 is 38.3 Å². The van der Waals surface area contributed by atoms with E-state index in [9.17, 15) is 29.3 Å². The van der Waals surface area contributed by atoms with Gasteiger partial charge in [-0.25, -0.2) is 20.0 Å². The first-order valence-corrected chi connectivity index (χ1v) is 18.8. The normalized spacial score (nSPS) is 13.7. The zero-order valence-corrected chi connectivity index (χ0v) is 33.1. The third kappa shape index (κ3) is 14.9. The fourth-order valence-corrected chi connectivity index (χ4v) is 5.46. The first-order valence-electron chi connectivity index (χ1n) is 18.8. The van der Waals surface area contributed by atoms with Gasteiger partial charge in [0, 0.05) is 82.7 Å². The van der Waals surface area contributed by atoms with E-state index in [0.717, 1.165) is 5.56 Å². The quantitative estimate of drug-likeness (QED) is 0.0205. The fraction of sp³-hybridized carbons (Fsp3) is 0.436. The predicted molar refractivity (Wildman–Crippen MR) is 215 cm³/mol. The molecule has 1 aromatic heterocycles. The number of aromatic nitrogens is 2. The van der Waals surface area contributed by atoms with Gasteiger partial charge in [-0.3, -0.25) is 29.3 Å². The number of hydrogen-bond acceptors (Lipinski definition) is 15. The highest BCUT2D eigenvalue weighted by Crippen LogP contribution is 2.22. The summed E-state index contributed by atoms with van der Waals surface area (Å²) < 4.78 is 16.2. The number of aliphatic imine (C=N–C) groups is 2. The van der Waals surface area contributed by atoms with Crippen molar-refractivity contribution in [2.75, 3.05) is 64.2 Å². The van der Waals surface area contributed by atoms with Gasteiger partial charge in [0.25, 0.3) is 5.69 Å². The number of nitrogens with zero attached hydrogens (tertiary/aromatic N) is 6. The summed E-state index contributed by atoms with van der Waals surface area (Å²) in [4.78, 5) is 80.5. The van der Waals surface area contributed by atoms with Crippen LogP contribution >= 0.6 is 0 Å². The molecule has 1 aliphatic rings. The molecule has 0 radical (unpaired) electrons. The number of non-ortho nitro benzene ring substituents is 1. The Hall–Kier alpha value is -6.50. The van der Waals surface area contributed by atoms with E-state index in [0.29, 0.717) is 54.6 Å². The maximum Gasteiger partial charge on any atom is 0.302 e. The number of nitrogens with one attached hydrogen (secondary N) is 4. The minimum Gasteiger partial charge on any atom is -0.476 e. The molecule has 2 aromatic carbocycles. The number of hydrogen-bond donors (Lipinski definition) is 4. The van der Waals surface area contributed by atoms with Crippen LogP contribution in [0.4, 0.5) is 17.2 Å². The lowest BCUT2D eigenvalue weighted by atomic mass is 9.93. The second-order valence-electron chi connectivity index (χ2n) is 13.2. The fourth-order valence-electron chi connectivity index (χ4n) is 5.46. The van der Waals surface area contributed by atoms with E-state index in [2.05, 4.69) is 36.2 Å². The molecule has 310 valence electrons. The molecule has 0 fully saturated rings. The topological polar surface area (TPSA) is 241 Å². The minimum atomic E-state index is -0.785. The Morgan fingerprint density at radius 3 is 2.47 bits per heavy atom. The van der Waals surface area contributed by atoms with Gasteiger partial charge in [0.05, 0.1) is 49.5 Å². The zero-order valence-electron chi connectivity index (χ0n) is 33.1. The number of esters is 1. The lowest BCUT2D eigenvalue weighted by Gasteiger charge is -2.22. The highest BCUT2D eigenvalue weighted by Gasteiger charge is 2.26. The molecule has 19 heteroatoms. The molecule has 1 unspecified atom stereocenters. The SMILES string of the molecule is CCOCCNC(=O)CC[C@H](CC(=O)c1ccc(NCc2cnc3c(n2)C(OCCc2ccc([N+](=O)[O-])cc2)=NC(N=CN(C)C)N3)cc1)C(=O)NCCOC(C)=O. The number of rotatable bonds is 23. The molecule has 1 aliphatic heterocycles. The number of benzene rings is 2. The van der Waals surface area contributed by atoms with E-state index < -0.39 is 29.0 Å². The summed E-state index contributed by atoms with van der Waals surface area (Å²) in [6.07, 6.45) is 3.05. The smallest absolute Gasteiger partial charge is 0.302 e. The van der Waals surface area contributed by atoms with Crippen LogP contribution in [0.15, 0.2) is 64.7 Å². The number of anilines is 2. The first-order chi connectivity index (χ1) is 27.9. The largest absolute Gasteiger partial charge is 0.476 e. The molecular weight excluding hydrogens is 752 g/mol. The van der Waals surface area contributed by atoms with Gasteiger partial charge in [0.2, 0.25) is 24.0 Å².